The predicted octanol–water partition coefficient (Wildman–Crippen LogP) is -0.477. The minimum Gasteiger partial charge on any atom is -0.388 e. The molecule has 2 saturated heterocycles. The van der Waals surface area contributed by atoms with Crippen molar-refractivity contribution in [2.75, 3.05) is 52.6 Å². The van der Waals surface area contributed by atoms with E-state index in [1.165, 1.54) is 0 Å². The number of halogens is 2. The van der Waals surface area contributed by atoms with Gasteiger partial charge < -0.3 is 19.7 Å². The molecule has 6 nitrogen and oxygen atoms in total. The minimum atomic E-state index is -0.744. The molecule has 0 bridgehead atoms. The molecule has 0 aromatic carbocycles. The molecule has 1 aliphatic carbocycles. The van der Waals surface area contributed by atoms with Crippen LogP contribution in [0.4, 0.5) is 0 Å². The Balaban J connectivity index is 0.00000121. The van der Waals surface area contributed by atoms with Gasteiger partial charge in [-0.1, -0.05) is 12.2 Å². The second kappa shape index (κ2) is 9.39. The zero-order valence-electron chi connectivity index (χ0n) is 12.5. The van der Waals surface area contributed by atoms with Crippen molar-refractivity contribution < 1.29 is 19.7 Å². The van der Waals surface area contributed by atoms with Crippen LogP contribution >= 0.6 is 24.8 Å². The topological polar surface area (TPSA) is 65.4 Å². The number of aliphatic hydroxyl groups is 2. The molecule has 4 atom stereocenters. The van der Waals surface area contributed by atoms with Crippen LogP contribution in [0.25, 0.3) is 0 Å². The van der Waals surface area contributed by atoms with Crippen molar-refractivity contribution >= 4 is 24.8 Å². The molecular formula is C14H26Cl2N2O4. The Hall–Kier alpha value is 0.0800. The van der Waals surface area contributed by atoms with Gasteiger partial charge in [0.1, 0.15) is 12.2 Å². The van der Waals surface area contributed by atoms with Crippen molar-refractivity contribution in [1.82, 2.24) is 9.80 Å². The normalized spacial score (nSPS) is 37.2. The van der Waals surface area contributed by atoms with Gasteiger partial charge >= 0.3 is 0 Å². The molecule has 2 heterocycles. The predicted molar refractivity (Wildman–Crippen MR) is 88.0 cm³/mol. The summed E-state index contributed by atoms with van der Waals surface area (Å²) in [6.45, 7) is 6.00. The quantitative estimate of drug-likeness (QED) is 0.651. The smallest absolute Gasteiger partial charge is 0.101 e. The maximum atomic E-state index is 10.4. The van der Waals surface area contributed by atoms with Crippen molar-refractivity contribution in [3.8, 4) is 0 Å². The largest absolute Gasteiger partial charge is 0.388 e. The van der Waals surface area contributed by atoms with Gasteiger partial charge in [0.2, 0.25) is 0 Å². The Morgan fingerprint density at radius 1 is 0.682 bits per heavy atom. The van der Waals surface area contributed by atoms with Crippen LogP contribution in [0.3, 0.4) is 0 Å². The molecule has 0 saturated carbocycles. The lowest BCUT2D eigenvalue weighted by Gasteiger charge is -2.44. The fourth-order valence-corrected chi connectivity index (χ4v) is 3.29. The van der Waals surface area contributed by atoms with E-state index in [0.717, 1.165) is 26.2 Å². The van der Waals surface area contributed by atoms with Crippen LogP contribution in [-0.2, 0) is 9.47 Å². The molecule has 130 valence electrons. The molecule has 2 N–H and O–H groups in total. The first-order valence-corrected chi connectivity index (χ1v) is 7.45. The zero-order chi connectivity index (χ0) is 13.9. The first-order chi connectivity index (χ1) is 9.77. The van der Waals surface area contributed by atoms with Gasteiger partial charge in [-0.15, -0.1) is 24.8 Å². The summed E-state index contributed by atoms with van der Waals surface area (Å²) in [7, 11) is 0. The highest BCUT2D eigenvalue weighted by Crippen LogP contribution is 2.23. The maximum Gasteiger partial charge on any atom is 0.101 e. The van der Waals surface area contributed by atoms with Crippen molar-refractivity contribution in [2.45, 2.75) is 24.3 Å². The van der Waals surface area contributed by atoms with Gasteiger partial charge in [0.05, 0.1) is 38.5 Å². The summed E-state index contributed by atoms with van der Waals surface area (Å²) in [4.78, 5) is 4.37. The van der Waals surface area contributed by atoms with Crippen LogP contribution in [-0.4, -0.2) is 96.9 Å². The number of rotatable bonds is 2. The Morgan fingerprint density at radius 2 is 1.00 bits per heavy atom. The van der Waals surface area contributed by atoms with Crippen molar-refractivity contribution in [2.24, 2.45) is 0 Å². The molecule has 0 radical (unpaired) electrons. The second-order valence-corrected chi connectivity index (χ2v) is 5.64. The van der Waals surface area contributed by atoms with Crippen LogP contribution in [0.1, 0.15) is 0 Å². The van der Waals surface area contributed by atoms with Crippen molar-refractivity contribution in [3.05, 3.63) is 12.2 Å². The van der Waals surface area contributed by atoms with Crippen LogP contribution < -0.4 is 0 Å². The number of hydrogen-bond acceptors (Lipinski definition) is 6. The molecule has 2 fully saturated rings. The summed E-state index contributed by atoms with van der Waals surface area (Å²) in [5.74, 6) is 0. The van der Waals surface area contributed by atoms with Gasteiger partial charge in [0, 0.05) is 26.2 Å². The average molecular weight is 357 g/mol. The molecule has 0 unspecified atom stereocenters. The molecule has 3 rings (SSSR count). The molecule has 0 aromatic heterocycles. The molecule has 2 aliphatic heterocycles. The molecule has 3 aliphatic rings. The molecule has 0 spiro atoms. The van der Waals surface area contributed by atoms with E-state index in [4.69, 9.17) is 9.47 Å². The Bertz CT molecular complexity index is 318. The van der Waals surface area contributed by atoms with Gasteiger partial charge in [-0.3, -0.25) is 9.80 Å². The van der Waals surface area contributed by atoms with E-state index in [2.05, 4.69) is 9.80 Å². The first-order valence-electron chi connectivity index (χ1n) is 7.45. The standard InChI is InChI=1S/C14H24N2O4.2ClH/c17-13-11(15-3-7-19-8-4-15)1-2-12(14(13)18)16-5-9-20-10-6-16;;/h1-2,11-14,17-18H,3-10H2;2*1H/t11-,12-,13+,14+;;/m1../s1. The first kappa shape index (κ1) is 20.1. The van der Waals surface area contributed by atoms with E-state index >= 15 is 0 Å². The monoisotopic (exact) mass is 356 g/mol. The van der Waals surface area contributed by atoms with E-state index in [0.29, 0.717) is 26.4 Å². The van der Waals surface area contributed by atoms with E-state index in [1.54, 1.807) is 0 Å². The van der Waals surface area contributed by atoms with Gasteiger partial charge in [-0.05, 0) is 0 Å². The highest BCUT2D eigenvalue weighted by Gasteiger charge is 2.39. The minimum absolute atomic E-state index is 0. The number of morpholine rings is 2. The SMILES string of the molecule is Cl.Cl.O[C@@H]1[C@@H](O)[C@H](N2CCOCC2)C=C[C@H]1N1CCOCC1. The molecule has 8 heteroatoms. The van der Waals surface area contributed by atoms with Gasteiger partial charge in [-0.25, -0.2) is 0 Å². The number of hydrogen-bond donors (Lipinski definition) is 2. The van der Waals surface area contributed by atoms with Crippen LogP contribution in [0, 0.1) is 0 Å². The maximum absolute atomic E-state index is 10.4. The second-order valence-electron chi connectivity index (χ2n) is 5.64. The number of aliphatic hydroxyl groups excluding tert-OH is 2. The van der Waals surface area contributed by atoms with Crippen molar-refractivity contribution in [3.63, 3.8) is 0 Å². The fourth-order valence-electron chi connectivity index (χ4n) is 3.29. The fraction of sp³-hybridized carbons (Fsp3) is 0.857. The number of nitrogens with zero attached hydrogens (tertiary/aromatic N) is 2. The van der Waals surface area contributed by atoms with E-state index in [-0.39, 0.29) is 36.9 Å². The summed E-state index contributed by atoms with van der Waals surface area (Å²) in [5, 5.41) is 20.9. The summed E-state index contributed by atoms with van der Waals surface area (Å²) < 4.78 is 10.7. The van der Waals surface area contributed by atoms with Crippen LogP contribution in [0.5, 0.6) is 0 Å². The van der Waals surface area contributed by atoms with E-state index in [9.17, 15) is 10.2 Å². The van der Waals surface area contributed by atoms with Crippen LogP contribution in [0.2, 0.25) is 0 Å². The molecule has 0 amide bonds. The van der Waals surface area contributed by atoms with Gasteiger partial charge in [0.15, 0.2) is 0 Å². The summed E-state index contributed by atoms with van der Waals surface area (Å²) in [5.41, 5.74) is 0. The molecule has 0 aromatic rings. The lowest BCUT2D eigenvalue weighted by molar-refractivity contribution is -0.0886. The Labute approximate surface area is 143 Å². The third-order valence-electron chi connectivity index (χ3n) is 4.49. The van der Waals surface area contributed by atoms with E-state index in [1.807, 2.05) is 12.2 Å². The summed E-state index contributed by atoms with van der Waals surface area (Å²) >= 11 is 0. The lowest BCUT2D eigenvalue weighted by atomic mass is 9.90. The highest BCUT2D eigenvalue weighted by atomic mass is 35.5. The summed E-state index contributed by atoms with van der Waals surface area (Å²) in [6.07, 6.45) is 2.60. The Kier molecular flexibility index (Phi) is 8.59. The van der Waals surface area contributed by atoms with Gasteiger partial charge in [0.25, 0.3) is 0 Å². The zero-order valence-corrected chi connectivity index (χ0v) is 14.2. The van der Waals surface area contributed by atoms with Crippen LogP contribution in [0.15, 0.2) is 12.2 Å². The third-order valence-corrected chi connectivity index (χ3v) is 4.49. The Morgan fingerprint density at radius 3 is 1.32 bits per heavy atom. The lowest BCUT2D eigenvalue weighted by Crippen LogP contribution is -2.60. The molecule has 22 heavy (non-hydrogen) atoms. The third kappa shape index (κ3) is 4.33. The van der Waals surface area contributed by atoms with E-state index < -0.39 is 12.2 Å². The highest BCUT2D eigenvalue weighted by molar-refractivity contribution is 5.85. The molecular weight excluding hydrogens is 331 g/mol. The summed E-state index contributed by atoms with van der Waals surface area (Å²) in [6, 6.07) is -0.211. The van der Waals surface area contributed by atoms with Gasteiger partial charge in [-0.2, -0.15) is 0 Å². The average Bonchev–Trinajstić information content (AvgIpc) is 2.52. The number of ether oxygens (including phenoxy) is 2. The van der Waals surface area contributed by atoms with Crippen molar-refractivity contribution in [1.29, 1.82) is 0 Å².